The zero-order chi connectivity index (χ0) is 18.4. The number of hydrogen-bond donors (Lipinski definition) is 0. The lowest BCUT2D eigenvalue weighted by atomic mass is 10.1. The molecule has 0 fully saturated rings. The monoisotopic (exact) mass is 351 g/mol. The van der Waals surface area contributed by atoms with Crippen LogP contribution in [-0.4, -0.2) is 38.7 Å². The molecule has 0 aliphatic heterocycles. The van der Waals surface area contributed by atoms with E-state index < -0.39 is 6.61 Å². The van der Waals surface area contributed by atoms with Crippen LogP contribution >= 0.6 is 0 Å². The lowest BCUT2D eigenvalue weighted by Gasteiger charge is -2.18. The molecular weight excluding hydrogens is 332 g/mol. The van der Waals surface area contributed by atoms with Crippen molar-refractivity contribution in [2.75, 3.05) is 21.3 Å². The van der Waals surface area contributed by atoms with E-state index in [0.717, 1.165) is 5.56 Å². The molecule has 0 radical (unpaired) electrons. The second-order valence-electron chi connectivity index (χ2n) is 5.25. The number of carbonyl (C=O) groups is 1. The largest absolute Gasteiger partial charge is 0.493 e. The van der Waals surface area contributed by atoms with Gasteiger partial charge < -0.3 is 19.1 Å². The van der Waals surface area contributed by atoms with Crippen molar-refractivity contribution >= 4 is 5.91 Å². The van der Waals surface area contributed by atoms with Gasteiger partial charge >= 0.3 is 6.61 Å². The average molecular weight is 351 g/mol. The lowest BCUT2D eigenvalue weighted by Crippen LogP contribution is -2.26. The van der Waals surface area contributed by atoms with Gasteiger partial charge in [0.05, 0.1) is 14.2 Å². The highest BCUT2D eigenvalue weighted by atomic mass is 19.3. The van der Waals surface area contributed by atoms with Gasteiger partial charge in [-0.05, 0) is 35.9 Å². The lowest BCUT2D eigenvalue weighted by molar-refractivity contribution is -0.0498. The van der Waals surface area contributed by atoms with Gasteiger partial charge in [-0.25, -0.2) is 0 Å². The van der Waals surface area contributed by atoms with Crippen LogP contribution in [0, 0.1) is 0 Å². The van der Waals surface area contributed by atoms with E-state index >= 15 is 0 Å². The number of nitrogens with zero attached hydrogens (tertiary/aromatic N) is 1. The summed E-state index contributed by atoms with van der Waals surface area (Å²) in [4.78, 5) is 14.1. The smallest absolute Gasteiger partial charge is 0.387 e. The van der Waals surface area contributed by atoms with E-state index in [9.17, 15) is 13.6 Å². The first kappa shape index (κ1) is 18.5. The first-order valence-corrected chi connectivity index (χ1v) is 7.46. The number of carbonyl (C=O) groups excluding carboxylic acids is 1. The third-order valence-electron chi connectivity index (χ3n) is 3.55. The third-order valence-corrected chi connectivity index (χ3v) is 3.55. The normalized spacial score (nSPS) is 10.5. The van der Waals surface area contributed by atoms with Crippen LogP contribution in [0.15, 0.2) is 42.5 Å². The van der Waals surface area contributed by atoms with Crippen LogP contribution in [0.25, 0.3) is 0 Å². The molecule has 0 heterocycles. The number of rotatable bonds is 7. The number of ether oxygens (including phenoxy) is 3. The molecule has 7 heteroatoms. The molecule has 0 saturated carbocycles. The molecule has 1 amide bonds. The van der Waals surface area contributed by atoms with Crippen molar-refractivity contribution < 1.29 is 27.8 Å². The fourth-order valence-electron chi connectivity index (χ4n) is 2.31. The molecule has 2 aromatic carbocycles. The molecule has 2 rings (SSSR count). The van der Waals surface area contributed by atoms with Gasteiger partial charge in [0, 0.05) is 19.2 Å². The van der Waals surface area contributed by atoms with E-state index in [1.54, 1.807) is 37.4 Å². The zero-order valence-corrected chi connectivity index (χ0v) is 14.2. The molecule has 2 aromatic rings. The Labute approximate surface area is 144 Å². The van der Waals surface area contributed by atoms with Crippen LogP contribution in [0.1, 0.15) is 15.9 Å². The van der Waals surface area contributed by atoms with Gasteiger partial charge in [-0.2, -0.15) is 8.78 Å². The first-order valence-electron chi connectivity index (χ1n) is 7.46. The average Bonchev–Trinajstić information content (AvgIpc) is 2.61. The Kier molecular flexibility index (Phi) is 6.16. The Bertz CT molecular complexity index is 720. The van der Waals surface area contributed by atoms with Gasteiger partial charge in [0.2, 0.25) is 0 Å². The second kappa shape index (κ2) is 8.32. The number of halogens is 2. The van der Waals surface area contributed by atoms with Crippen LogP contribution < -0.4 is 14.2 Å². The van der Waals surface area contributed by atoms with Crippen LogP contribution in [0.4, 0.5) is 8.78 Å². The molecule has 0 spiro atoms. The summed E-state index contributed by atoms with van der Waals surface area (Å²) in [5, 5.41) is 0. The summed E-state index contributed by atoms with van der Waals surface area (Å²) in [6, 6.07) is 11.1. The maximum Gasteiger partial charge on any atom is 0.387 e. The first-order chi connectivity index (χ1) is 11.9. The van der Waals surface area contributed by atoms with E-state index in [1.165, 1.54) is 31.3 Å². The zero-order valence-electron chi connectivity index (χ0n) is 14.2. The molecule has 0 atom stereocenters. The number of hydrogen-bond acceptors (Lipinski definition) is 4. The topological polar surface area (TPSA) is 48.0 Å². The Balaban J connectivity index is 2.07. The molecule has 0 bridgehead atoms. The van der Waals surface area contributed by atoms with Gasteiger partial charge in [0.1, 0.15) is 5.75 Å². The fourth-order valence-corrected chi connectivity index (χ4v) is 2.31. The SMILES string of the molecule is COc1ccc(C(=O)N(C)Cc2ccc(OC(F)F)cc2)cc1OC. The summed E-state index contributed by atoms with van der Waals surface area (Å²) in [6.45, 7) is -2.54. The van der Waals surface area contributed by atoms with Crippen molar-refractivity contribution in [1.82, 2.24) is 4.90 Å². The summed E-state index contributed by atoms with van der Waals surface area (Å²) < 4.78 is 38.9. The van der Waals surface area contributed by atoms with Gasteiger partial charge in [0.15, 0.2) is 11.5 Å². The molecule has 0 N–H and O–H groups in total. The minimum absolute atomic E-state index is 0.0765. The third kappa shape index (κ3) is 4.82. The quantitative estimate of drug-likeness (QED) is 0.765. The van der Waals surface area contributed by atoms with Crippen molar-refractivity contribution in [3.8, 4) is 17.2 Å². The number of methoxy groups -OCH3 is 2. The number of alkyl halides is 2. The Hall–Kier alpha value is -2.83. The summed E-state index contributed by atoms with van der Waals surface area (Å²) in [5.41, 5.74) is 1.25. The minimum Gasteiger partial charge on any atom is -0.493 e. The van der Waals surface area contributed by atoms with Gasteiger partial charge in [-0.15, -0.1) is 0 Å². The predicted octanol–water partition coefficient (Wildman–Crippen LogP) is 3.58. The van der Waals surface area contributed by atoms with Gasteiger partial charge in [-0.1, -0.05) is 12.1 Å². The highest BCUT2D eigenvalue weighted by Crippen LogP contribution is 2.28. The van der Waals surface area contributed by atoms with Crippen LogP contribution in [-0.2, 0) is 6.54 Å². The van der Waals surface area contributed by atoms with Gasteiger partial charge in [-0.3, -0.25) is 4.79 Å². The van der Waals surface area contributed by atoms with E-state index in [0.29, 0.717) is 23.6 Å². The maximum atomic E-state index is 12.5. The van der Waals surface area contributed by atoms with E-state index in [4.69, 9.17) is 9.47 Å². The molecule has 134 valence electrons. The van der Waals surface area contributed by atoms with Crippen LogP contribution in [0.5, 0.6) is 17.2 Å². The molecule has 0 unspecified atom stereocenters. The van der Waals surface area contributed by atoms with Crippen LogP contribution in [0.2, 0.25) is 0 Å². The predicted molar refractivity (Wildman–Crippen MR) is 88.4 cm³/mol. The Morgan fingerprint density at radius 3 is 2.24 bits per heavy atom. The fraction of sp³-hybridized carbons (Fsp3) is 0.278. The molecule has 25 heavy (non-hydrogen) atoms. The summed E-state index contributed by atoms with van der Waals surface area (Å²) in [5.74, 6) is 0.882. The Morgan fingerprint density at radius 2 is 1.68 bits per heavy atom. The van der Waals surface area contributed by atoms with E-state index in [-0.39, 0.29) is 11.7 Å². The highest BCUT2D eigenvalue weighted by molar-refractivity contribution is 5.94. The molecule has 0 aliphatic rings. The summed E-state index contributed by atoms with van der Waals surface area (Å²) >= 11 is 0. The Morgan fingerprint density at radius 1 is 1.04 bits per heavy atom. The highest BCUT2D eigenvalue weighted by Gasteiger charge is 2.15. The van der Waals surface area contributed by atoms with Gasteiger partial charge in [0.25, 0.3) is 5.91 Å². The summed E-state index contributed by atoms with van der Waals surface area (Å²) in [6.07, 6.45) is 0. The van der Waals surface area contributed by atoms with Crippen molar-refractivity contribution in [2.24, 2.45) is 0 Å². The van der Waals surface area contributed by atoms with Crippen LogP contribution in [0.3, 0.4) is 0 Å². The molecule has 5 nitrogen and oxygen atoms in total. The molecule has 0 aliphatic carbocycles. The molecule has 0 aromatic heterocycles. The molecule has 0 saturated heterocycles. The number of benzene rings is 2. The molecular formula is C18H19F2NO4. The van der Waals surface area contributed by atoms with E-state index in [2.05, 4.69) is 4.74 Å². The minimum atomic E-state index is -2.86. The number of amides is 1. The maximum absolute atomic E-state index is 12.5. The van der Waals surface area contributed by atoms with Crippen molar-refractivity contribution in [3.05, 3.63) is 53.6 Å². The summed E-state index contributed by atoms with van der Waals surface area (Å²) in [7, 11) is 4.67. The van der Waals surface area contributed by atoms with Crippen molar-refractivity contribution in [2.45, 2.75) is 13.2 Å². The second-order valence-corrected chi connectivity index (χ2v) is 5.25. The standard InChI is InChI=1S/C18H19F2NO4/c1-21(11-12-4-7-14(8-5-12)25-18(19)20)17(22)13-6-9-15(23-2)16(10-13)24-3/h4-10,18H,11H2,1-3H3. The van der Waals surface area contributed by atoms with Crippen molar-refractivity contribution in [3.63, 3.8) is 0 Å². The van der Waals surface area contributed by atoms with E-state index in [1.807, 2.05) is 0 Å². The van der Waals surface area contributed by atoms with Crippen molar-refractivity contribution in [1.29, 1.82) is 0 Å².